The second-order valence-electron chi connectivity index (χ2n) is 5.30. The molecule has 0 spiro atoms. The summed E-state index contributed by atoms with van der Waals surface area (Å²) in [5.41, 5.74) is 2.52. The van der Waals surface area contributed by atoms with E-state index in [0.717, 1.165) is 19.6 Å². The molecule has 0 saturated carbocycles. The Balaban J connectivity index is 2.08. The Kier molecular flexibility index (Phi) is 6.11. The van der Waals surface area contributed by atoms with Crippen molar-refractivity contribution in [3.8, 4) is 0 Å². The fraction of sp³-hybridized carbons (Fsp3) is 0.333. The molecule has 2 aromatic rings. The van der Waals surface area contributed by atoms with Crippen molar-refractivity contribution in [3.05, 3.63) is 59.3 Å². The molecule has 0 atom stereocenters. The van der Waals surface area contributed by atoms with Crippen molar-refractivity contribution in [1.29, 1.82) is 0 Å². The molecule has 0 radical (unpaired) electrons. The Morgan fingerprint density at radius 1 is 1.09 bits per heavy atom. The molecule has 0 fully saturated rings. The van der Waals surface area contributed by atoms with Gasteiger partial charge in [-0.1, -0.05) is 44.2 Å². The number of carboxylic acids is 1. The maximum atomic E-state index is 11.0. The molecule has 0 saturated heterocycles. The average molecular weight is 313 g/mol. The van der Waals surface area contributed by atoms with Crippen LogP contribution in [0.25, 0.3) is 0 Å². The standard InChI is InChI=1S/C18H23N3O2/c1-3-21(4-2)13-15-9-6-5-8-14(15)12-19-17-11-7-10-16(20-17)18(22)23/h5-11H,3-4,12-13H2,1-2H3,(H,19,20)(H,22,23). The van der Waals surface area contributed by atoms with E-state index in [0.29, 0.717) is 12.4 Å². The third-order valence-corrected chi connectivity index (χ3v) is 3.83. The van der Waals surface area contributed by atoms with E-state index in [1.165, 1.54) is 17.2 Å². The van der Waals surface area contributed by atoms with E-state index in [-0.39, 0.29) is 5.69 Å². The van der Waals surface area contributed by atoms with Crippen molar-refractivity contribution >= 4 is 11.8 Å². The van der Waals surface area contributed by atoms with Crippen LogP contribution in [-0.2, 0) is 13.1 Å². The van der Waals surface area contributed by atoms with Crippen LogP contribution >= 0.6 is 0 Å². The Labute approximate surface area is 137 Å². The summed E-state index contributed by atoms with van der Waals surface area (Å²) in [6, 6.07) is 13.3. The zero-order valence-corrected chi connectivity index (χ0v) is 13.6. The van der Waals surface area contributed by atoms with E-state index in [1.54, 1.807) is 12.1 Å². The van der Waals surface area contributed by atoms with Crippen LogP contribution in [-0.4, -0.2) is 34.0 Å². The van der Waals surface area contributed by atoms with Crippen molar-refractivity contribution < 1.29 is 9.90 Å². The number of anilines is 1. The lowest BCUT2D eigenvalue weighted by Crippen LogP contribution is -2.23. The molecule has 5 nitrogen and oxygen atoms in total. The van der Waals surface area contributed by atoms with Crippen LogP contribution in [0.1, 0.15) is 35.5 Å². The molecule has 0 unspecified atom stereocenters. The second kappa shape index (κ2) is 8.29. The molecule has 1 aromatic heterocycles. The largest absolute Gasteiger partial charge is 0.477 e. The smallest absolute Gasteiger partial charge is 0.354 e. The fourth-order valence-corrected chi connectivity index (χ4v) is 2.41. The van der Waals surface area contributed by atoms with Crippen molar-refractivity contribution in [2.75, 3.05) is 18.4 Å². The van der Waals surface area contributed by atoms with E-state index in [9.17, 15) is 4.79 Å². The van der Waals surface area contributed by atoms with Crippen molar-refractivity contribution in [2.24, 2.45) is 0 Å². The first-order valence-corrected chi connectivity index (χ1v) is 7.87. The normalized spacial score (nSPS) is 10.7. The Bertz CT molecular complexity index is 654. The van der Waals surface area contributed by atoms with Crippen LogP contribution in [0, 0.1) is 0 Å². The predicted molar refractivity (Wildman–Crippen MR) is 91.6 cm³/mol. The van der Waals surface area contributed by atoms with Crippen LogP contribution in [0.2, 0.25) is 0 Å². The van der Waals surface area contributed by atoms with Gasteiger partial charge in [0.15, 0.2) is 5.69 Å². The number of hydrogen-bond donors (Lipinski definition) is 2. The molecule has 1 aromatic carbocycles. The summed E-state index contributed by atoms with van der Waals surface area (Å²) in [4.78, 5) is 17.4. The number of benzene rings is 1. The number of aromatic carboxylic acids is 1. The van der Waals surface area contributed by atoms with Gasteiger partial charge >= 0.3 is 5.97 Å². The highest BCUT2D eigenvalue weighted by Gasteiger charge is 2.08. The Hall–Kier alpha value is -2.40. The van der Waals surface area contributed by atoms with Gasteiger partial charge in [-0.3, -0.25) is 4.90 Å². The number of nitrogens with zero attached hydrogens (tertiary/aromatic N) is 2. The number of carbonyl (C=O) groups is 1. The number of rotatable bonds is 8. The van der Waals surface area contributed by atoms with Gasteiger partial charge in [0.25, 0.3) is 0 Å². The summed E-state index contributed by atoms with van der Waals surface area (Å²) in [5, 5.41) is 12.2. The van der Waals surface area contributed by atoms with E-state index in [1.807, 2.05) is 12.1 Å². The lowest BCUT2D eigenvalue weighted by Gasteiger charge is -2.20. The zero-order chi connectivity index (χ0) is 16.7. The minimum Gasteiger partial charge on any atom is -0.477 e. The Morgan fingerprint density at radius 3 is 2.43 bits per heavy atom. The predicted octanol–water partition coefficient (Wildman–Crippen LogP) is 3.23. The quantitative estimate of drug-likeness (QED) is 0.783. The number of aromatic nitrogens is 1. The number of pyridine rings is 1. The number of hydrogen-bond acceptors (Lipinski definition) is 4. The molecule has 1 heterocycles. The first kappa shape index (κ1) is 17.0. The topological polar surface area (TPSA) is 65.5 Å². The summed E-state index contributed by atoms with van der Waals surface area (Å²) >= 11 is 0. The first-order valence-electron chi connectivity index (χ1n) is 7.87. The van der Waals surface area contributed by atoms with Crippen molar-refractivity contribution in [1.82, 2.24) is 9.88 Å². The monoisotopic (exact) mass is 313 g/mol. The summed E-state index contributed by atoms with van der Waals surface area (Å²) in [6.45, 7) is 7.87. The van der Waals surface area contributed by atoms with Crippen LogP contribution < -0.4 is 5.32 Å². The maximum absolute atomic E-state index is 11.0. The zero-order valence-electron chi connectivity index (χ0n) is 13.6. The first-order chi connectivity index (χ1) is 11.1. The molecule has 0 aliphatic heterocycles. The lowest BCUT2D eigenvalue weighted by molar-refractivity contribution is 0.0690. The van der Waals surface area contributed by atoms with Gasteiger partial charge in [0.2, 0.25) is 0 Å². The summed E-state index contributed by atoms with van der Waals surface area (Å²) < 4.78 is 0. The van der Waals surface area contributed by atoms with Gasteiger partial charge in [-0.15, -0.1) is 0 Å². The van der Waals surface area contributed by atoms with Crippen LogP contribution in [0.3, 0.4) is 0 Å². The van der Waals surface area contributed by atoms with Gasteiger partial charge in [-0.25, -0.2) is 9.78 Å². The van der Waals surface area contributed by atoms with Gasteiger partial charge in [-0.05, 0) is 36.3 Å². The summed E-state index contributed by atoms with van der Waals surface area (Å²) in [6.07, 6.45) is 0. The van der Waals surface area contributed by atoms with Gasteiger partial charge in [0.1, 0.15) is 5.82 Å². The molecular weight excluding hydrogens is 290 g/mol. The van der Waals surface area contributed by atoms with Crippen molar-refractivity contribution in [2.45, 2.75) is 26.9 Å². The minimum absolute atomic E-state index is 0.0476. The fourth-order valence-electron chi connectivity index (χ4n) is 2.41. The van der Waals surface area contributed by atoms with E-state index >= 15 is 0 Å². The second-order valence-corrected chi connectivity index (χ2v) is 5.30. The summed E-state index contributed by atoms with van der Waals surface area (Å²) in [5.74, 6) is -0.446. The molecule has 0 amide bonds. The third kappa shape index (κ3) is 4.79. The Morgan fingerprint density at radius 2 is 1.78 bits per heavy atom. The van der Waals surface area contributed by atoms with E-state index in [4.69, 9.17) is 5.11 Å². The molecule has 0 aliphatic carbocycles. The molecule has 2 rings (SSSR count). The maximum Gasteiger partial charge on any atom is 0.354 e. The van der Waals surface area contributed by atoms with Gasteiger partial charge in [-0.2, -0.15) is 0 Å². The van der Waals surface area contributed by atoms with Gasteiger partial charge in [0, 0.05) is 13.1 Å². The highest BCUT2D eigenvalue weighted by molar-refractivity contribution is 5.85. The average Bonchev–Trinajstić information content (AvgIpc) is 2.59. The molecule has 23 heavy (non-hydrogen) atoms. The number of carboxylic acid groups (broad SMARTS) is 1. The minimum atomic E-state index is -1.02. The molecule has 122 valence electrons. The number of nitrogens with one attached hydrogen (secondary N) is 1. The van der Waals surface area contributed by atoms with Gasteiger partial charge in [0.05, 0.1) is 0 Å². The highest BCUT2D eigenvalue weighted by atomic mass is 16.4. The molecular formula is C18H23N3O2. The van der Waals surface area contributed by atoms with Gasteiger partial charge < -0.3 is 10.4 Å². The molecule has 0 bridgehead atoms. The summed E-state index contributed by atoms with van der Waals surface area (Å²) in [7, 11) is 0. The molecule has 2 N–H and O–H groups in total. The van der Waals surface area contributed by atoms with Crippen LogP contribution in [0.5, 0.6) is 0 Å². The SMILES string of the molecule is CCN(CC)Cc1ccccc1CNc1cccc(C(=O)O)n1. The van der Waals surface area contributed by atoms with Crippen LogP contribution in [0.15, 0.2) is 42.5 Å². The lowest BCUT2D eigenvalue weighted by atomic mass is 10.1. The highest BCUT2D eigenvalue weighted by Crippen LogP contribution is 2.14. The van der Waals surface area contributed by atoms with E-state index in [2.05, 4.69) is 41.2 Å². The molecule has 5 heteroatoms. The molecule has 0 aliphatic rings. The van der Waals surface area contributed by atoms with E-state index < -0.39 is 5.97 Å². The van der Waals surface area contributed by atoms with Crippen molar-refractivity contribution in [3.63, 3.8) is 0 Å². The third-order valence-electron chi connectivity index (χ3n) is 3.83. The van der Waals surface area contributed by atoms with Crippen LogP contribution in [0.4, 0.5) is 5.82 Å².